The smallest absolute Gasteiger partial charge is 0.0420 e. The Balaban J connectivity index is 2.81. The van der Waals surface area contributed by atoms with E-state index in [1.807, 2.05) is 0 Å². The molecule has 0 aliphatic carbocycles. The van der Waals surface area contributed by atoms with Gasteiger partial charge in [-0.1, -0.05) is 25.8 Å². The van der Waals surface area contributed by atoms with E-state index in [4.69, 9.17) is 5.73 Å². The topological polar surface area (TPSA) is 29.3 Å². The monoisotopic (exact) mass is 252 g/mol. The average Bonchev–Trinajstić information content (AvgIpc) is 2.37. The van der Waals surface area contributed by atoms with Crippen LogP contribution in [0.25, 0.3) is 0 Å². The highest BCUT2D eigenvalue weighted by Gasteiger charge is 2.09. The lowest BCUT2D eigenvalue weighted by Gasteiger charge is -2.23. The fourth-order valence-electron chi connectivity index (χ4n) is 2.03. The minimum atomic E-state index is 0.616. The van der Waals surface area contributed by atoms with Gasteiger partial charge in [-0.05, 0) is 24.8 Å². The van der Waals surface area contributed by atoms with E-state index in [0.717, 1.165) is 6.54 Å². The zero-order valence-electron chi connectivity index (χ0n) is 11.2. The predicted molar refractivity (Wildman–Crippen MR) is 78.9 cm³/mol. The fraction of sp³-hybridized carbons (Fsp3) is 0.571. The molecule has 0 amide bonds. The van der Waals surface area contributed by atoms with Crippen LogP contribution >= 0.6 is 11.8 Å². The lowest BCUT2D eigenvalue weighted by atomic mass is 10.1. The molecule has 0 bridgehead atoms. The Morgan fingerprint density at radius 3 is 2.65 bits per heavy atom. The number of anilines is 1. The first-order valence-electron chi connectivity index (χ1n) is 6.31. The zero-order chi connectivity index (χ0) is 12.7. The molecule has 0 spiro atoms. The standard InChI is InChI=1S/C14H24N2S/c1-4-5-6-10-16(2)13-8-7-9-14(17-3)12(13)11-15/h7-9H,4-6,10-11,15H2,1-3H3. The maximum Gasteiger partial charge on any atom is 0.0420 e. The first kappa shape index (κ1) is 14.4. The number of nitrogens with two attached hydrogens (primary N) is 1. The van der Waals surface area contributed by atoms with Crippen molar-refractivity contribution in [2.24, 2.45) is 5.73 Å². The number of rotatable bonds is 7. The van der Waals surface area contributed by atoms with Gasteiger partial charge in [0.15, 0.2) is 0 Å². The molecule has 0 saturated carbocycles. The Bertz CT molecular complexity index is 339. The molecular formula is C14H24N2S. The molecule has 0 fully saturated rings. The lowest BCUT2D eigenvalue weighted by Crippen LogP contribution is -2.21. The molecule has 1 aromatic carbocycles. The maximum atomic E-state index is 5.88. The van der Waals surface area contributed by atoms with Crippen molar-refractivity contribution in [3.8, 4) is 0 Å². The molecule has 2 nitrogen and oxygen atoms in total. The van der Waals surface area contributed by atoms with Crippen LogP contribution in [-0.2, 0) is 6.54 Å². The number of hydrogen-bond donors (Lipinski definition) is 1. The molecule has 1 rings (SSSR count). The number of hydrogen-bond acceptors (Lipinski definition) is 3. The number of nitrogens with zero attached hydrogens (tertiary/aromatic N) is 1. The summed E-state index contributed by atoms with van der Waals surface area (Å²) in [4.78, 5) is 3.63. The van der Waals surface area contributed by atoms with Gasteiger partial charge in [-0.2, -0.15) is 0 Å². The van der Waals surface area contributed by atoms with Crippen molar-refractivity contribution in [1.82, 2.24) is 0 Å². The molecule has 17 heavy (non-hydrogen) atoms. The Hall–Kier alpha value is -0.670. The molecule has 0 heterocycles. The van der Waals surface area contributed by atoms with E-state index in [1.54, 1.807) is 11.8 Å². The SMILES string of the molecule is CCCCCN(C)c1cccc(SC)c1CN. The van der Waals surface area contributed by atoms with Gasteiger partial charge in [0.2, 0.25) is 0 Å². The van der Waals surface area contributed by atoms with Crippen LogP contribution in [0.3, 0.4) is 0 Å². The molecule has 0 aliphatic rings. The largest absolute Gasteiger partial charge is 0.374 e. The van der Waals surface area contributed by atoms with E-state index in [9.17, 15) is 0 Å². The Labute approximate surface area is 110 Å². The van der Waals surface area contributed by atoms with E-state index in [2.05, 4.69) is 43.3 Å². The van der Waals surface area contributed by atoms with E-state index in [-0.39, 0.29) is 0 Å². The highest BCUT2D eigenvalue weighted by Crippen LogP contribution is 2.28. The van der Waals surface area contributed by atoms with Gasteiger partial charge in [0.1, 0.15) is 0 Å². The lowest BCUT2D eigenvalue weighted by molar-refractivity contribution is 0.703. The summed E-state index contributed by atoms with van der Waals surface area (Å²) >= 11 is 1.77. The molecule has 0 radical (unpaired) electrons. The minimum Gasteiger partial charge on any atom is -0.374 e. The average molecular weight is 252 g/mol. The van der Waals surface area contributed by atoms with Crippen LogP contribution in [0.2, 0.25) is 0 Å². The van der Waals surface area contributed by atoms with Gasteiger partial charge >= 0.3 is 0 Å². The minimum absolute atomic E-state index is 0.616. The highest BCUT2D eigenvalue weighted by molar-refractivity contribution is 7.98. The summed E-state index contributed by atoms with van der Waals surface area (Å²) in [5, 5.41) is 0. The third-order valence-corrected chi connectivity index (χ3v) is 3.86. The molecule has 3 heteroatoms. The van der Waals surface area contributed by atoms with Gasteiger partial charge in [0, 0.05) is 36.3 Å². The summed E-state index contributed by atoms with van der Waals surface area (Å²) in [6.07, 6.45) is 5.92. The van der Waals surface area contributed by atoms with E-state index >= 15 is 0 Å². The predicted octanol–water partition coefficient (Wildman–Crippen LogP) is 3.49. The maximum absolute atomic E-state index is 5.88. The van der Waals surface area contributed by atoms with Crippen LogP contribution in [0.5, 0.6) is 0 Å². The number of thioether (sulfide) groups is 1. The van der Waals surface area contributed by atoms with E-state index in [1.165, 1.54) is 35.4 Å². The Morgan fingerprint density at radius 1 is 1.29 bits per heavy atom. The Kier molecular flexibility index (Phi) is 6.45. The van der Waals surface area contributed by atoms with Crippen molar-refractivity contribution in [1.29, 1.82) is 0 Å². The van der Waals surface area contributed by atoms with Gasteiger partial charge < -0.3 is 10.6 Å². The van der Waals surface area contributed by atoms with Gasteiger partial charge in [-0.15, -0.1) is 11.8 Å². The number of benzene rings is 1. The van der Waals surface area contributed by atoms with Crippen molar-refractivity contribution in [2.45, 2.75) is 37.6 Å². The summed E-state index contributed by atoms with van der Waals surface area (Å²) < 4.78 is 0. The summed E-state index contributed by atoms with van der Waals surface area (Å²) in [6.45, 7) is 3.96. The van der Waals surface area contributed by atoms with Crippen molar-refractivity contribution in [3.05, 3.63) is 23.8 Å². The molecule has 0 aromatic heterocycles. The quantitative estimate of drug-likeness (QED) is 0.595. The zero-order valence-corrected chi connectivity index (χ0v) is 12.0. The van der Waals surface area contributed by atoms with Crippen LogP contribution in [-0.4, -0.2) is 19.8 Å². The third kappa shape index (κ3) is 3.93. The van der Waals surface area contributed by atoms with Gasteiger partial charge in [-0.25, -0.2) is 0 Å². The van der Waals surface area contributed by atoms with E-state index < -0.39 is 0 Å². The van der Waals surface area contributed by atoms with Gasteiger partial charge in [-0.3, -0.25) is 0 Å². The molecule has 0 aliphatic heterocycles. The molecule has 0 unspecified atom stereocenters. The van der Waals surface area contributed by atoms with Crippen LogP contribution in [0, 0.1) is 0 Å². The van der Waals surface area contributed by atoms with Crippen molar-refractivity contribution in [3.63, 3.8) is 0 Å². The molecule has 0 atom stereocenters. The second kappa shape index (κ2) is 7.62. The van der Waals surface area contributed by atoms with Crippen LogP contribution in [0.15, 0.2) is 23.1 Å². The molecule has 2 N–H and O–H groups in total. The first-order chi connectivity index (χ1) is 8.24. The van der Waals surface area contributed by atoms with Crippen LogP contribution in [0.4, 0.5) is 5.69 Å². The van der Waals surface area contributed by atoms with Crippen molar-refractivity contribution >= 4 is 17.4 Å². The fourth-order valence-corrected chi connectivity index (χ4v) is 2.68. The van der Waals surface area contributed by atoms with Gasteiger partial charge in [0.25, 0.3) is 0 Å². The normalized spacial score (nSPS) is 10.6. The van der Waals surface area contributed by atoms with E-state index in [0.29, 0.717) is 6.54 Å². The Morgan fingerprint density at radius 2 is 2.06 bits per heavy atom. The summed E-state index contributed by atoms with van der Waals surface area (Å²) in [7, 11) is 2.16. The van der Waals surface area contributed by atoms with Crippen molar-refractivity contribution < 1.29 is 0 Å². The van der Waals surface area contributed by atoms with Crippen LogP contribution < -0.4 is 10.6 Å². The summed E-state index contributed by atoms with van der Waals surface area (Å²) in [6, 6.07) is 6.45. The second-order valence-electron chi connectivity index (χ2n) is 4.29. The summed E-state index contributed by atoms with van der Waals surface area (Å²) in [5.74, 6) is 0. The summed E-state index contributed by atoms with van der Waals surface area (Å²) in [5.41, 5.74) is 8.44. The van der Waals surface area contributed by atoms with Gasteiger partial charge in [0.05, 0.1) is 0 Å². The molecule has 0 saturated heterocycles. The van der Waals surface area contributed by atoms with Crippen LogP contribution in [0.1, 0.15) is 31.7 Å². The van der Waals surface area contributed by atoms with Crippen molar-refractivity contribution in [2.75, 3.05) is 24.7 Å². The number of unbranched alkanes of at least 4 members (excludes halogenated alkanes) is 2. The second-order valence-corrected chi connectivity index (χ2v) is 5.14. The highest BCUT2D eigenvalue weighted by atomic mass is 32.2. The molecule has 1 aromatic rings. The first-order valence-corrected chi connectivity index (χ1v) is 7.54. The molecule has 96 valence electrons. The third-order valence-electron chi connectivity index (χ3n) is 3.04. The molecular weight excluding hydrogens is 228 g/mol.